The number of hydrogen-bond acceptors (Lipinski definition) is 4. The van der Waals surface area contributed by atoms with Crippen LogP contribution >= 0.6 is 23.2 Å². The van der Waals surface area contributed by atoms with Gasteiger partial charge in [0, 0.05) is 16.6 Å². The Hall–Kier alpha value is -1.02. The van der Waals surface area contributed by atoms with Gasteiger partial charge in [0.15, 0.2) is 5.84 Å². The first kappa shape index (κ1) is 17.0. The van der Waals surface area contributed by atoms with E-state index < -0.39 is 10.0 Å². The number of sulfonamides is 1. The van der Waals surface area contributed by atoms with Crippen molar-refractivity contribution < 1.29 is 13.6 Å². The molecule has 3 N–H and O–H groups in total. The molecule has 0 aliphatic heterocycles. The Morgan fingerprint density at radius 1 is 1.35 bits per heavy atom. The molecule has 0 spiro atoms. The molecule has 0 saturated heterocycles. The molecule has 1 rings (SSSR count). The number of oxime groups is 1. The maximum atomic E-state index is 12.5. The van der Waals surface area contributed by atoms with Gasteiger partial charge in [-0.05, 0) is 24.6 Å². The molecular weight excluding hydrogens is 325 g/mol. The topological polar surface area (TPSA) is 96.0 Å². The number of nitrogens with two attached hydrogens (primary N) is 1. The molecule has 0 aromatic heterocycles. The largest absolute Gasteiger partial charge is 0.409 e. The summed E-state index contributed by atoms with van der Waals surface area (Å²) in [5.74, 6) is -0.199. The van der Waals surface area contributed by atoms with Gasteiger partial charge in [0.1, 0.15) is 0 Å². The van der Waals surface area contributed by atoms with Crippen molar-refractivity contribution in [2.75, 3.05) is 13.1 Å². The van der Waals surface area contributed by atoms with E-state index in [1.807, 2.05) is 6.92 Å². The smallest absolute Gasteiger partial charge is 0.243 e. The van der Waals surface area contributed by atoms with Gasteiger partial charge in [0.05, 0.1) is 11.4 Å². The van der Waals surface area contributed by atoms with Crippen molar-refractivity contribution in [3.8, 4) is 0 Å². The molecule has 6 nitrogen and oxygen atoms in total. The first-order valence-corrected chi connectivity index (χ1v) is 7.93. The molecular formula is C11H15Cl2N3O3S. The average molecular weight is 340 g/mol. The lowest BCUT2D eigenvalue weighted by molar-refractivity contribution is 0.314. The zero-order valence-electron chi connectivity index (χ0n) is 10.8. The minimum Gasteiger partial charge on any atom is -0.409 e. The number of rotatable bonds is 6. The molecule has 0 heterocycles. The number of amidine groups is 1. The van der Waals surface area contributed by atoms with Crippen molar-refractivity contribution in [2.24, 2.45) is 10.9 Å². The second-order valence-corrected chi connectivity index (χ2v) is 6.85. The van der Waals surface area contributed by atoms with Crippen LogP contribution < -0.4 is 5.73 Å². The summed E-state index contributed by atoms with van der Waals surface area (Å²) >= 11 is 11.6. The van der Waals surface area contributed by atoms with Crippen molar-refractivity contribution in [3.05, 3.63) is 28.2 Å². The fraction of sp³-hybridized carbons (Fsp3) is 0.364. The Bertz CT molecular complexity index is 585. The molecule has 112 valence electrons. The molecule has 1 aromatic carbocycles. The second kappa shape index (κ2) is 7.12. The molecule has 0 aliphatic rings. The van der Waals surface area contributed by atoms with Gasteiger partial charge in [-0.15, -0.1) is 0 Å². The lowest BCUT2D eigenvalue weighted by Crippen LogP contribution is -2.39. The third kappa shape index (κ3) is 4.24. The van der Waals surface area contributed by atoms with Gasteiger partial charge in [-0.3, -0.25) is 0 Å². The van der Waals surface area contributed by atoms with Gasteiger partial charge in [0.2, 0.25) is 10.0 Å². The quantitative estimate of drug-likeness (QED) is 0.359. The SMILES string of the molecule is CCCN(CC(N)=NO)S(=O)(=O)c1cc(Cl)cc(Cl)c1. The van der Waals surface area contributed by atoms with Crippen LogP contribution in [0, 0.1) is 0 Å². The Balaban J connectivity index is 3.21. The zero-order chi connectivity index (χ0) is 15.3. The van der Waals surface area contributed by atoms with Crippen LogP contribution in [0.4, 0.5) is 0 Å². The summed E-state index contributed by atoms with van der Waals surface area (Å²) in [6, 6.07) is 4.05. The molecule has 20 heavy (non-hydrogen) atoms. The predicted octanol–water partition coefficient (Wildman–Crippen LogP) is 2.14. The van der Waals surface area contributed by atoms with Crippen molar-refractivity contribution in [3.63, 3.8) is 0 Å². The van der Waals surface area contributed by atoms with E-state index in [1.165, 1.54) is 18.2 Å². The Morgan fingerprint density at radius 2 is 1.90 bits per heavy atom. The van der Waals surface area contributed by atoms with Crippen LogP contribution in [0.15, 0.2) is 28.3 Å². The van der Waals surface area contributed by atoms with E-state index in [0.717, 1.165) is 4.31 Å². The number of halogens is 2. The van der Waals surface area contributed by atoms with Gasteiger partial charge < -0.3 is 10.9 Å². The van der Waals surface area contributed by atoms with E-state index in [0.29, 0.717) is 6.42 Å². The molecule has 1 aromatic rings. The highest BCUT2D eigenvalue weighted by Gasteiger charge is 2.25. The molecule has 0 radical (unpaired) electrons. The summed E-state index contributed by atoms with van der Waals surface area (Å²) in [7, 11) is -3.82. The lowest BCUT2D eigenvalue weighted by Gasteiger charge is -2.21. The summed E-state index contributed by atoms with van der Waals surface area (Å²) < 4.78 is 26.1. The van der Waals surface area contributed by atoms with E-state index in [4.69, 9.17) is 34.1 Å². The summed E-state index contributed by atoms with van der Waals surface area (Å²) in [4.78, 5) is -0.0332. The fourth-order valence-corrected chi connectivity index (χ4v) is 3.80. The van der Waals surface area contributed by atoms with E-state index in [1.54, 1.807) is 0 Å². The van der Waals surface area contributed by atoms with E-state index in [9.17, 15) is 8.42 Å². The van der Waals surface area contributed by atoms with Crippen LogP contribution in [0.5, 0.6) is 0 Å². The Kier molecular flexibility index (Phi) is 6.07. The molecule has 0 saturated carbocycles. The molecule has 0 aliphatic carbocycles. The summed E-state index contributed by atoms with van der Waals surface area (Å²) in [5, 5.41) is 11.8. The van der Waals surface area contributed by atoms with Gasteiger partial charge in [0.25, 0.3) is 0 Å². The van der Waals surface area contributed by atoms with Gasteiger partial charge in [-0.1, -0.05) is 35.3 Å². The zero-order valence-corrected chi connectivity index (χ0v) is 13.1. The first-order chi connectivity index (χ1) is 9.31. The number of benzene rings is 1. The van der Waals surface area contributed by atoms with Crippen molar-refractivity contribution in [1.29, 1.82) is 0 Å². The highest BCUT2D eigenvalue weighted by atomic mass is 35.5. The summed E-state index contributed by atoms with van der Waals surface area (Å²) in [5.41, 5.74) is 5.38. The molecule has 0 fully saturated rings. The molecule has 0 unspecified atom stereocenters. The first-order valence-electron chi connectivity index (χ1n) is 5.74. The highest BCUT2D eigenvalue weighted by Crippen LogP contribution is 2.24. The third-order valence-corrected chi connectivity index (χ3v) is 4.67. The predicted molar refractivity (Wildman–Crippen MR) is 78.9 cm³/mol. The summed E-state index contributed by atoms with van der Waals surface area (Å²) in [6.07, 6.45) is 0.576. The minimum absolute atomic E-state index is 0.0332. The van der Waals surface area contributed by atoms with E-state index in [2.05, 4.69) is 5.16 Å². The third-order valence-electron chi connectivity index (χ3n) is 2.41. The van der Waals surface area contributed by atoms with Crippen molar-refractivity contribution >= 4 is 39.1 Å². The van der Waals surface area contributed by atoms with Crippen molar-refractivity contribution in [2.45, 2.75) is 18.2 Å². The standard InChI is InChI=1S/C11H15Cl2N3O3S/c1-2-3-16(7-11(14)15-17)20(18,19)10-5-8(12)4-9(13)6-10/h4-6,17H,2-3,7H2,1H3,(H2,14,15). The maximum Gasteiger partial charge on any atom is 0.243 e. The van der Waals surface area contributed by atoms with Crippen LogP contribution in [0.1, 0.15) is 13.3 Å². The fourth-order valence-electron chi connectivity index (χ4n) is 1.57. The van der Waals surface area contributed by atoms with Gasteiger partial charge in [-0.25, -0.2) is 8.42 Å². The number of nitrogens with zero attached hydrogens (tertiary/aromatic N) is 2. The second-order valence-electron chi connectivity index (χ2n) is 4.04. The normalized spacial score (nSPS) is 12.9. The highest BCUT2D eigenvalue weighted by molar-refractivity contribution is 7.89. The van der Waals surface area contributed by atoms with Crippen LogP contribution in [0.25, 0.3) is 0 Å². The van der Waals surface area contributed by atoms with Crippen LogP contribution in [-0.2, 0) is 10.0 Å². The Morgan fingerprint density at radius 3 is 2.35 bits per heavy atom. The average Bonchev–Trinajstić information content (AvgIpc) is 2.36. The molecule has 9 heteroatoms. The maximum absolute atomic E-state index is 12.5. The van der Waals surface area contributed by atoms with Gasteiger partial charge >= 0.3 is 0 Å². The Labute approximate surface area is 127 Å². The van der Waals surface area contributed by atoms with Crippen LogP contribution in [0.2, 0.25) is 10.0 Å². The van der Waals surface area contributed by atoms with Crippen LogP contribution in [0.3, 0.4) is 0 Å². The lowest BCUT2D eigenvalue weighted by atomic mass is 10.4. The minimum atomic E-state index is -3.82. The molecule has 0 amide bonds. The molecule has 0 atom stereocenters. The van der Waals surface area contributed by atoms with Crippen LogP contribution in [-0.4, -0.2) is 36.9 Å². The number of hydrogen-bond donors (Lipinski definition) is 2. The van der Waals surface area contributed by atoms with E-state index in [-0.39, 0.29) is 33.9 Å². The molecule has 0 bridgehead atoms. The van der Waals surface area contributed by atoms with E-state index >= 15 is 0 Å². The monoisotopic (exact) mass is 339 g/mol. The van der Waals surface area contributed by atoms with Crippen molar-refractivity contribution in [1.82, 2.24) is 4.31 Å². The van der Waals surface area contributed by atoms with Gasteiger partial charge in [-0.2, -0.15) is 4.31 Å². The summed E-state index contributed by atoms with van der Waals surface area (Å²) in [6.45, 7) is 1.83.